The first kappa shape index (κ1) is 15.2. The summed E-state index contributed by atoms with van der Waals surface area (Å²) >= 11 is 0. The molecule has 0 bridgehead atoms. The quantitative estimate of drug-likeness (QED) is 0.606. The number of anilines is 2. The molecule has 0 atom stereocenters. The minimum absolute atomic E-state index is 0.204. The average Bonchev–Trinajstić information content (AvgIpc) is 2.37. The second-order valence-corrected chi connectivity index (χ2v) is 4.17. The number of ether oxygens (including phenoxy) is 1. The van der Waals surface area contributed by atoms with Gasteiger partial charge in [0.25, 0.3) is 0 Å². The molecule has 0 aliphatic carbocycles. The lowest BCUT2D eigenvalue weighted by Crippen LogP contribution is -2.12. The van der Waals surface area contributed by atoms with Crippen LogP contribution in [0.5, 0.6) is 0 Å². The number of hydrogen-bond donors (Lipinski definition) is 3. The molecule has 1 aromatic rings. The number of aliphatic hydroxyl groups is 1. The van der Waals surface area contributed by atoms with Crippen LogP contribution in [0.2, 0.25) is 0 Å². The Hall–Kier alpha value is -1.84. The highest BCUT2D eigenvalue weighted by Crippen LogP contribution is 2.17. The van der Waals surface area contributed by atoms with E-state index in [1.807, 2.05) is 13.0 Å². The Morgan fingerprint density at radius 2 is 2.26 bits per heavy atom. The predicted molar refractivity (Wildman–Crippen MR) is 73.7 cm³/mol. The fraction of sp³-hybridized carbons (Fsp3) is 0.538. The molecule has 0 aromatic carbocycles. The normalized spacial score (nSPS) is 10.2. The van der Waals surface area contributed by atoms with E-state index in [0.29, 0.717) is 31.1 Å². The molecule has 104 valence electrons. The van der Waals surface area contributed by atoms with Crippen LogP contribution in [0.3, 0.4) is 0 Å². The molecule has 4 N–H and O–H groups in total. The largest absolute Gasteiger partial charge is 0.396 e. The van der Waals surface area contributed by atoms with E-state index in [1.54, 1.807) is 6.07 Å². The molecule has 0 radical (unpaired) electrons. The minimum atomic E-state index is 0.204. The van der Waals surface area contributed by atoms with Crippen LogP contribution in [-0.2, 0) is 4.74 Å². The lowest BCUT2D eigenvalue weighted by Gasteiger charge is -2.09. The van der Waals surface area contributed by atoms with Gasteiger partial charge in [-0.2, -0.15) is 5.26 Å². The number of nitrogens with two attached hydrogens (primary N) is 1. The molecule has 0 saturated heterocycles. The minimum Gasteiger partial charge on any atom is -0.396 e. The molecule has 0 saturated carbocycles. The zero-order valence-corrected chi connectivity index (χ0v) is 11.1. The van der Waals surface area contributed by atoms with Gasteiger partial charge in [0.05, 0.1) is 12.2 Å². The molecule has 6 heteroatoms. The van der Waals surface area contributed by atoms with E-state index < -0.39 is 0 Å². The number of nitrogen functional groups attached to an aromatic ring is 1. The van der Waals surface area contributed by atoms with Crippen LogP contribution in [-0.4, -0.2) is 36.5 Å². The van der Waals surface area contributed by atoms with Gasteiger partial charge in [-0.25, -0.2) is 4.98 Å². The van der Waals surface area contributed by atoms with Crippen LogP contribution in [0.15, 0.2) is 6.07 Å². The topological polar surface area (TPSA) is 104 Å². The first-order valence-corrected chi connectivity index (χ1v) is 6.28. The smallest absolute Gasteiger partial charge is 0.144 e. The lowest BCUT2D eigenvalue weighted by atomic mass is 10.1. The van der Waals surface area contributed by atoms with Crippen molar-refractivity contribution in [2.75, 3.05) is 37.4 Å². The molecule has 0 amide bonds. The van der Waals surface area contributed by atoms with Crippen molar-refractivity contribution in [1.29, 1.82) is 5.26 Å². The molecule has 0 aliphatic heterocycles. The molecular formula is C13H20N4O2. The van der Waals surface area contributed by atoms with Crippen LogP contribution < -0.4 is 11.1 Å². The van der Waals surface area contributed by atoms with Crippen LogP contribution in [0.4, 0.5) is 11.6 Å². The molecular weight excluding hydrogens is 244 g/mol. The van der Waals surface area contributed by atoms with E-state index in [1.165, 1.54) is 0 Å². The zero-order chi connectivity index (χ0) is 14.1. The Labute approximate surface area is 113 Å². The maximum Gasteiger partial charge on any atom is 0.144 e. The number of aliphatic hydroxyl groups excluding tert-OH is 1. The van der Waals surface area contributed by atoms with Gasteiger partial charge in [0.15, 0.2) is 0 Å². The average molecular weight is 264 g/mol. The van der Waals surface area contributed by atoms with Crippen molar-refractivity contribution in [3.05, 3.63) is 17.2 Å². The monoisotopic (exact) mass is 264 g/mol. The number of aryl methyl sites for hydroxylation is 1. The Morgan fingerprint density at radius 3 is 2.89 bits per heavy atom. The number of pyridine rings is 1. The molecule has 19 heavy (non-hydrogen) atoms. The summed E-state index contributed by atoms with van der Waals surface area (Å²) in [6.45, 7) is 3.86. The number of nitrogens with one attached hydrogen (secondary N) is 1. The summed E-state index contributed by atoms with van der Waals surface area (Å²) in [5.41, 5.74) is 6.92. The molecule has 0 fully saturated rings. The third-order valence-corrected chi connectivity index (χ3v) is 2.61. The fourth-order valence-corrected chi connectivity index (χ4v) is 1.60. The van der Waals surface area contributed by atoms with E-state index in [4.69, 9.17) is 20.8 Å². The van der Waals surface area contributed by atoms with E-state index in [0.717, 1.165) is 18.4 Å². The van der Waals surface area contributed by atoms with Crippen molar-refractivity contribution in [3.63, 3.8) is 0 Å². The van der Waals surface area contributed by atoms with Crippen molar-refractivity contribution in [1.82, 2.24) is 4.98 Å². The van der Waals surface area contributed by atoms with Gasteiger partial charge in [0, 0.05) is 19.8 Å². The Kier molecular flexibility index (Phi) is 6.64. The highest BCUT2D eigenvalue weighted by Gasteiger charge is 2.06. The van der Waals surface area contributed by atoms with Gasteiger partial charge in [0.2, 0.25) is 0 Å². The summed E-state index contributed by atoms with van der Waals surface area (Å²) in [5, 5.41) is 20.6. The van der Waals surface area contributed by atoms with Crippen molar-refractivity contribution in [3.8, 4) is 6.07 Å². The van der Waals surface area contributed by atoms with Crippen molar-refractivity contribution in [2.45, 2.75) is 19.8 Å². The van der Waals surface area contributed by atoms with Gasteiger partial charge in [-0.15, -0.1) is 0 Å². The summed E-state index contributed by atoms with van der Waals surface area (Å²) < 4.78 is 5.38. The molecule has 6 nitrogen and oxygen atoms in total. The highest BCUT2D eigenvalue weighted by molar-refractivity contribution is 5.58. The SMILES string of the molecule is Cc1cc(NCCOCCCCO)nc(N)c1C#N. The number of hydrogen-bond acceptors (Lipinski definition) is 6. The molecule has 0 aliphatic rings. The van der Waals surface area contributed by atoms with E-state index in [9.17, 15) is 0 Å². The van der Waals surface area contributed by atoms with Crippen LogP contribution >= 0.6 is 0 Å². The van der Waals surface area contributed by atoms with Crippen LogP contribution in [0, 0.1) is 18.3 Å². The van der Waals surface area contributed by atoms with Gasteiger partial charge >= 0.3 is 0 Å². The van der Waals surface area contributed by atoms with Gasteiger partial charge in [-0.05, 0) is 31.4 Å². The standard InChI is InChI=1S/C13H20N4O2/c1-10-8-12(17-13(15)11(10)9-14)16-4-7-19-6-3-2-5-18/h8,18H,2-7H2,1H3,(H3,15,16,17). The Bertz CT molecular complexity index is 420. The summed E-state index contributed by atoms with van der Waals surface area (Å²) in [7, 11) is 0. The zero-order valence-electron chi connectivity index (χ0n) is 11.1. The van der Waals surface area contributed by atoms with Crippen LogP contribution in [0.1, 0.15) is 24.0 Å². The molecule has 0 spiro atoms. The van der Waals surface area contributed by atoms with Gasteiger partial charge < -0.3 is 20.9 Å². The number of nitrogens with zero attached hydrogens (tertiary/aromatic N) is 2. The first-order chi connectivity index (χ1) is 9.19. The predicted octanol–water partition coefficient (Wildman–Crippen LogP) is 1.04. The second-order valence-electron chi connectivity index (χ2n) is 4.17. The first-order valence-electron chi connectivity index (χ1n) is 6.28. The van der Waals surface area contributed by atoms with Crippen molar-refractivity contribution in [2.24, 2.45) is 0 Å². The lowest BCUT2D eigenvalue weighted by molar-refractivity contribution is 0.134. The summed E-state index contributed by atoms with van der Waals surface area (Å²) in [4.78, 5) is 4.11. The van der Waals surface area contributed by atoms with E-state index >= 15 is 0 Å². The summed E-state index contributed by atoms with van der Waals surface area (Å²) in [6, 6.07) is 3.82. The van der Waals surface area contributed by atoms with Gasteiger partial charge in [-0.3, -0.25) is 0 Å². The molecule has 0 unspecified atom stereocenters. The second kappa shape index (κ2) is 8.29. The third-order valence-electron chi connectivity index (χ3n) is 2.61. The highest BCUT2D eigenvalue weighted by atomic mass is 16.5. The van der Waals surface area contributed by atoms with Crippen molar-refractivity contribution < 1.29 is 9.84 Å². The maximum absolute atomic E-state index is 8.88. The summed E-state index contributed by atoms with van der Waals surface area (Å²) in [6.07, 6.45) is 1.62. The van der Waals surface area contributed by atoms with Gasteiger partial charge in [-0.1, -0.05) is 0 Å². The van der Waals surface area contributed by atoms with Crippen molar-refractivity contribution >= 4 is 11.6 Å². The fourth-order valence-electron chi connectivity index (χ4n) is 1.60. The summed E-state index contributed by atoms with van der Waals surface area (Å²) in [5.74, 6) is 0.891. The van der Waals surface area contributed by atoms with Gasteiger partial charge in [0.1, 0.15) is 17.7 Å². The number of aromatic nitrogens is 1. The Morgan fingerprint density at radius 1 is 1.47 bits per heavy atom. The van der Waals surface area contributed by atoms with Crippen LogP contribution in [0.25, 0.3) is 0 Å². The molecule has 1 heterocycles. The number of nitriles is 1. The molecule has 1 rings (SSSR count). The molecule has 1 aromatic heterocycles. The third kappa shape index (κ3) is 5.12. The van der Waals surface area contributed by atoms with E-state index in [-0.39, 0.29) is 12.4 Å². The number of unbranched alkanes of at least 4 members (excludes halogenated alkanes) is 1. The van der Waals surface area contributed by atoms with E-state index in [2.05, 4.69) is 10.3 Å². The number of rotatable bonds is 8. The Balaban J connectivity index is 2.32. The maximum atomic E-state index is 8.88.